The van der Waals surface area contributed by atoms with Gasteiger partial charge >= 0.3 is 0 Å². The Morgan fingerprint density at radius 2 is 1.69 bits per heavy atom. The van der Waals surface area contributed by atoms with Crippen LogP contribution in [0.5, 0.6) is 5.75 Å². The molecular formula is C27H35ClF2N2O3. The Morgan fingerprint density at radius 1 is 1.06 bits per heavy atom. The molecule has 2 heterocycles. The number of hydrogen-bond acceptors (Lipinski definition) is 4. The van der Waals surface area contributed by atoms with E-state index in [4.69, 9.17) is 4.74 Å². The van der Waals surface area contributed by atoms with Crippen molar-refractivity contribution in [3.63, 3.8) is 0 Å². The molecule has 0 aromatic heterocycles. The highest BCUT2D eigenvalue weighted by atomic mass is 35.5. The van der Waals surface area contributed by atoms with Gasteiger partial charge in [0.2, 0.25) is 5.91 Å². The molecule has 2 aromatic rings. The minimum atomic E-state index is -1.07. The van der Waals surface area contributed by atoms with Gasteiger partial charge in [-0.3, -0.25) is 4.79 Å². The van der Waals surface area contributed by atoms with E-state index in [2.05, 4.69) is 4.90 Å². The van der Waals surface area contributed by atoms with Gasteiger partial charge in [0.25, 0.3) is 0 Å². The molecule has 192 valence electrons. The van der Waals surface area contributed by atoms with E-state index in [1.165, 1.54) is 12.1 Å². The van der Waals surface area contributed by atoms with E-state index in [0.29, 0.717) is 31.7 Å². The van der Waals surface area contributed by atoms with Gasteiger partial charge in [0, 0.05) is 50.0 Å². The number of nitrogens with zero attached hydrogens (tertiary/aromatic N) is 2. The Morgan fingerprint density at radius 3 is 2.23 bits per heavy atom. The summed E-state index contributed by atoms with van der Waals surface area (Å²) in [6.07, 6.45) is 0. The number of likely N-dealkylation sites (tertiary alicyclic amines) is 2. The number of methoxy groups -OCH3 is 1. The highest BCUT2D eigenvalue weighted by Crippen LogP contribution is 2.43. The summed E-state index contributed by atoms with van der Waals surface area (Å²) in [5.41, 5.74) is 0.129. The van der Waals surface area contributed by atoms with Gasteiger partial charge in [-0.25, -0.2) is 8.78 Å². The number of halogens is 3. The molecule has 2 aliphatic rings. The fraction of sp³-hybridized carbons (Fsp3) is 0.519. The van der Waals surface area contributed by atoms with Gasteiger partial charge in [-0.15, -0.1) is 12.4 Å². The molecule has 4 rings (SSSR count). The monoisotopic (exact) mass is 508 g/mol. The molecule has 0 saturated carbocycles. The summed E-state index contributed by atoms with van der Waals surface area (Å²) in [5.74, 6) is -1.66. The first-order valence-corrected chi connectivity index (χ1v) is 12.0. The fourth-order valence-corrected chi connectivity index (χ4v) is 5.85. The van der Waals surface area contributed by atoms with Crippen LogP contribution < -0.4 is 4.74 Å². The number of rotatable bonds is 5. The van der Waals surface area contributed by atoms with E-state index >= 15 is 0 Å². The molecule has 2 fully saturated rings. The van der Waals surface area contributed by atoms with E-state index in [1.807, 2.05) is 49.9 Å². The third-order valence-electron chi connectivity index (χ3n) is 7.88. The predicted molar refractivity (Wildman–Crippen MR) is 134 cm³/mol. The third-order valence-corrected chi connectivity index (χ3v) is 7.88. The van der Waals surface area contributed by atoms with Crippen LogP contribution in [0.1, 0.15) is 37.8 Å². The maximum atomic E-state index is 14.7. The van der Waals surface area contributed by atoms with E-state index < -0.39 is 23.2 Å². The second-order valence-electron chi connectivity index (χ2n) is 9.83. The van der Waals surface area contributed by atoms with Crippen LogP contribution in [-0.4, -0.2) is 60.6 Å². The first-order valence-electron chi connectivity index (χ1n) is 12.0. The lowest BCUT2D eigenvalue weighted by Crippen LogP contribution is -2.57. The zero-order valence-corrected chi connectivity index (χ0v) is 21.5. The van der Waals surface area contributed by atoms with Crippen LogP contribution in [0.3, 0.4) is 0 Å². The van der Waals surface area contributed by atoms with Crippen LogP contribution in [0.15, 0.2) is 42.5 Å². The molecule has 2 aromatic carbocycles. The van der Waals surface area contributed by atoms with E-state index in [9.17, 15) is 18.7 Å². The van der Waals surface area contributed by atoms with Crippen molar-refractivity contribution in [1.82, 2.24) is 9.80 Å². The molecule has 0 radical (unpaired) electrons. The van der Waals surface area contributed by atoms with Crippen molar-refractivity contribution < 1.29 is 23.4 Å². The molecule has 0 aliphatic carbocycles. The molecule has 35 heavy (non-hydrogen) atoms. The summed E-state index contributed by atoms with van der Waals surface area (Å²) in [4.78, 5) is 17.7. The molecule has 1 amide bonds. The van der Waals surface area contributed by atoms with Crippen molar-refractivity contribution in [3.8, 4) is 5.75 Å². The lowest BCUT2D eigenvalue weighted by Gasteiger charge is -2.48. The van der Waals surface area contributed by atoms with Crippen LogP contribution in [0, 0.1) is 29.4 Å². The van der Waals surface area contributed by atoms with Crippen molar-refractivity contribution in [2.75, 3.05) is 39.8 Å². The molecule has 2 aliphatic heterocycles. The number of benzene rings is 2. The number of amides is 1. The summed E-state index contributed by atoms with van der Waals surface area (Å²) < 4.78 is 33.4. The number of aliphatic hydroxyl groups is 1. The zero-order valence-electron chi connectivity index (χ0n) is 20.7. The first-order chi connectivity index (χ1) is 16.2. The lowest BCUT2D eigenvalue weighted by atomic mass is 9.70. The second kappa shape index (κ2) is 10.8. The summed E-state index contributed by atoms with van der Waals surface area (Å²) >= 11 is 0. The Labute approximate surface area is 212 Å². The normalized spacial score (nSPS) is 29.1. The average molecular weight is 509 g/mol. The molecule has 8 heteroatoms. The Bertz CT molecular complexity index is 1020. The number of carbonyl (C=O) groups is 1. The van der Waals surface area contributed by atoms with Crippen LogP contribution in [0.2, 0.25) is 0 Å². The number of carbonyl (C=O) groups excluding carboxylic acids is 1. The molecule has 0 bridgehead atoms. The van der Waals surface area contributed by atoms with Gasteiger partial charge in [-0.1, -0.05) is 39.0 Å². The number of piperidine rings is 1. The van der Waals surface area contributed by atoms with Crippen molar-refractivity contribution in [2.45, 2.75) is 32.3 Å². The third kappa shape index (κ3) is 5.04. The molecule has 5 nitrogen and oxygen atoms in total. The van der Waals surface area contributed by atoms with Gasteiger partial charge in [0.1, 0.15) is 17.4 Å². The van der Waals surface area contributed by atoms with Crippen molar-refractivity contribution in [3.05, 3.63) is 65.2 Å². The van der Waals surface area contributed by atoms with Crippen molar-refractivity contribution in [1.29, 1.82) is 0 Å². The Balaban J connectivity index is 0.00000342. The smallest absolute Gasteiger partial charge is 0.227 e. The van der Waals surface area contributed by atoms with Crippen molar-refractivity contribution >= 4 is 18.3 Å². The van der Waals surface area contributed by atoms with Crippen LogP contribution in [0.4, 0.5) is 8.78 Å². The predicted octanol–water partition coefficient (Wildman–Crippen LogP) is 4.43. The highest BCUT2D eigenvalue weighted by molar-refractivity contribution is 5.85. The average Bonchev–Trinajstić information content (AvgIpc) is 3.26. The van der Waals surface area contributed by atoms with Gasteiger partial charge < -0.3 is 19.6 Å². The SMILES string of the molecule is CCN1C[C@@H](C(=O)N2C[C@@H](C)C(O)(c3ccc(OC)cc3)[C@@H](C)C2)[C@H](c2ccc(F)cc2F)C1.Cl. The number of ether oxygens (including phenoxy) is 1. The largest absolute Gasteiger partial charge is 0.497 e. The number of likely N-dealkylation sites (N-methyl/N-ethyl adjacent to an activating group) is 1. The summed E-state index contributed by atoms with van der Waals surface area (Å²) in [7, 11) is 1.60. The maximum absolute atomic E-state index is 14.7. The Hall–Kier alpha value is -2.22. The molecule has 2 saturated heterocycles. The molecular weight excluding hydrogens is 474 g/mol. The summed E-state index contributed by atoms with van der Waals surface area (Å²) in [5, 5.41) is 11.7. The zero-order chi connectivity index (χ0) is 24.6. The molecule has 5 atom stereocenters. The van der Waals surface area contributed by atoms with Gasteiger partial charge in [-0.2, -0.15) is 0 Å². The quantitative estimate of drug-likeness (QED) is 0.649. The Kier molecular flexibility index (Phi) is 8.45. The fourth-order valence-electron chi connectivity index (χ4n) is 5.85. The maximum Gasteiger partial charge on any atom is 0.227 e. The molecule has 0 spiro atoms. The van der Waals surface area contributed by atoms with Crippen molar-refractivity contribution in [2.24, 2.45) is 17.8 Å². The topological polar surface area (TPSA) is 53.0 Å². The summed E-state index contributed by atoms with van der Waals surface area (Å²) in [6, 6.07) is 11.1. The minimum Gasteiger partial charge on any atom is -0.497 e. The van der Waals surface area contributed by atoms with Gasteiger partial charge in [0.05, 0.1) is 18.6 Å². The first kappa shape index (κ1) is 27.4. The van der Waals surface area contributed by atoms with E-state index in [0.717, 1.165) is 23.9 Å². The lowest BCUT2D eigenvalue weighted by molar-refractivity contribution is -0.152. The summed E-state index contributed by atoms with van der Waals surface area (Å²) in [6.45, 7) is 8.62. The standard InChI is InChI=1S/C27H34F2N2O3.ClH/c1-5-30-15-23(22-11-8-20(28)12-25(22)29)24(16-30)26(32)31-13-17(2)27(33,18(3)14-31)19-6-9-21(34-4)10-7-19;/h6-12,17-18,23-24,33H,5,13-16H2,1-4H3;1H/t17-,18+,23-,24+,27?;/m0./s1. The van der Waals surface area contributed by atoms with Gasteiger partial charge in [-0.05, 0) is 35.9 Å². The van der Waals surface area contributed by atoms with Crippen LogP contribution >= 0.6 is 12.4 Å². The number of hydrogen-bond donors (Lipinski definition) is 1. The minimum absolute atomic E-state index is 0. The van der Waals surface area contributed by atoms with E-state index in [1.54, 1.807) is 7.11 Å². The van der Waals surface area contributed by atoms with Gasteiger partial charge in [0.15, 0.2) is 0 Å². The van der Waals surface area contributed by atoms with Crippen LogP contribution in [-0.2, 0) is 10.4 Å². The molecule has 1 unspecified atom stereocenters. The highest BCUT2D eigenvalue weighted by Gasteiger charge is 2.49. The second-order valence-corrected chi connectivity index (χ2v) is 9.83. The molecule has 1 N–H and O–H groups in total. The van der Waals surface area contributed by atoms with E-state index in [-0.39, 0.29) is 36.1 Å². The van der Waals surface area contributed by atoms with Crippen LogP contribution in [0.25, 0.3) is 0 Å².